The van der Waals surface area contributed by atoms with Gasteiger partial charge in [-0.3, -0.25) is 4.98 Å². The van der Waals surface area contributed by atoms with Crippen molar-refractivity contribution in [2.45, 2.75) is 44.4 Å². The molecule has 1 N–H and O–H groups in total. The lowest BCUT2D eigenvalue weighted by atomic mass is 10.0. The minimum absolute atomic E-state index is 0.288. The van der Waals surface area contributed by atoms with E-state index >= 15 is 0 Å². The molecule has 0 spiro atoms. The summed E-state index contributed by atoms with van der Waals surface area (Å²) in [5.41, 5.74) is -0.688. The molecule has 0 radical (unpaired) electrons. The SMILES string of the molecule is Cc1cccc2c1CN(S(=O)(=O)C(F)(F)F)CC(CCc1ccccc1)N2Cc1cc(NCCN(C)C)ccn1. The fourth-order valence-electron chi connectivity index (χ4n) is 4.97. The van der Waals surface area contributed by atoms with Crippen molar-refractivity contribution in [1.82, 2.24) is 14.2 Å². The number of rotatable bonds is 10. The molecule has 7 nitrogen and oxygen atoms in total. The number of aryl methyl sites for hydroxylation is 2. The number of anilines is 2. The van der Waals surface area contributed by atoms with E-state index in [1.54, 1.807) is 19.2 Å². The van der Waals surface area contributed by atoms with Crippen molar-refractivity contribution in [3.05, 3.63) is 89.2 Å². The van der Waals surface area contributed by atoms with E-state index in [0.29, 0.717) is 29.3 Å². The molecule has 0 amide bonds. The van der Waals surface area contributed by atoms with Gasteiger partial charge in [-0.1, -0.05) is 42.5 Å². The molecule has 1 atom stereocenters. The minimum Gasteiger partial charge on any atom is -0.384 e. The second-order valence-corrected chi connectivity index (χ2v) is 12.3. The molecule has 0 fully saturated rings. The number of benzene rings is 2. The molecule has 0 aliphatic carbocycles. The molecular formula is C29H36F3N5O2S. The van der Waals surface area contributed by atoms with Crippen LogP contribution in [-0.4, -0.2) is 67.9 Å². The molecule has 1 unspecified atom stereocenters. The first-order chi connectivity index (χ1) is 19.0. The maximum absolute atomic E-state index is 13.8. The van der Waals surface area contributed by atoms with Gasteiger partial charge in [0.2, 0.25) is 0 Å². The fraction of sp³-hybridized carbons (Fsp3) is 0.414. The van der Waals surface area contributed by atoms with Crippen LogP contribution in [0, 0.1) is 6.92 Å². The number of fused-ring (bicyclic) bond motifs is 1. The molecule has 216 valence electrons. The number of alkyl halides is 3. The van der Waals surface area contributed by atoms with E-state index in [0.717, 1.165) is 41.3 Å². The number of sulfonamides is 1. The molecule has 2 aromatic carbocycles. The van der Waals surface area contributed by atoms with E-state index in [1.807, 2.05) is 73.6 Å². The number of aromatic nitrogens is 1. The Morgan fingerprint density at radius 1 is 1.07 bits per heavy atom. The molecule has 0 saturated carbocycles. The molecule has 11 heteroatoms. The average Bonchev–Trinajstić information content (AvgIpc) is 3.06. The van der Waals surface area contributed by atoms with Gasteiger partial charge >= 0.3 is 15.5 Å². The summed E-state index contributed by atoms with van der Waals surface area (Å²) in [5, 5.41) is 3.38. The smallest absolute Gasteiger partial charge is 0.384 e. The summed E-state index contributed by atoms with van der Waals surface area (Å²) in [5.74, 6) is 0. The summed E-state index contributed by atoms with van der Waals surface area (Å²) >= 11 is 0. The Morgan fingerprint density at radius 2 is 1.82 bits per heavy atom. The topological polar surface area (TPSA) is 68.8 Å². The van der Waals surface area contributed by atoms with Gasteiger partial charge in [0, 0.05) is 49.8 Å². The molecular weight excluding hydrogens is 539 g/mol. The first kappa shape index (κ1) is 29.8. The van der Waals surface area contributed by atoms with Crippen LogP contribution in [0.3, 0.4) is 0 Å². The summed E-state index contributed by atoms with van der Waals surface area (Å²) in [7, 11) is -1.55. The molecule has 40 heavy (non-hydrogen) atoms. The number of hydrogen-bond donors (Lipinski definition) is 1. The van der Waals surface area contributed by atoms with E-state index < -0.39 is 21.6 Å². The first-order valence-electron chi connectivity index (χ1n) is 13.2. The van der Waals surface area contributed by atoms with Gasteiger partial charge in [0.25, 0.3) is 0 Å². The van der Waals surface area contributed by atoms with Crippen LogP contribution in [0.1, 0.15) is 28.8 Å². The fourth-order valence-corrected chi connectivity index (χ4v) is 5.93. The quantitative estimate of drug-likeness (QED) is 0.366. The normalized spacial score (nSPS) is 16.6. The van der Waals surface area contributed by atoms with Crippen molar-refractivity contribution in [1.29, 1.82) is 0 Å². The van der Waals surface area contributed by atoms with Crippen LogP contribution in [0.15, 0.2) is 66.9 Å². The van der Waals surface area contributed by atoms with E-state index in [-0.39, 0.29) is 13.1 Å². The van der Waals surface area contributed by atoms with Crippen molar-refractivity contribution in [2.75, 3.05) is 43.9 Å². The van der Waals surface area contributed by atoms with Gasteiger partial charge in [-0.2, -0.15) is 17.5 Å². The van der Waals surface area contributed by atoms with Crippen LogP contribution in [0.25, 0.3) is 0 Å². The Labute approximate surface area is 234 Å². The monoisotopic (exact) mass is 575 g/mol. The molecule has 1 aliphatic heterocycles. The van der Waals surface area contributed by atoms with Gasteiger partial charge in [0.1, 0.15) is 0 Å². The minimum atomic E-state index is -5.54. The maximum atomic E-state index is 13.8. The standard InChI is InChI=1S/C29H36F3N5O2S/c1-22-8-7-11-28-27(22)21-36(40(38,39)29(30,31)32)20-26(13-12-23-9-5-4-6-10-23)37(28)19-25-18-24(14-15-33-25)34-16-17-35(2)3/h4-11,14-15,18,26H,12-13,16-17,19-21H2,1-3H3,(H,33,34). The number of nitrogens with one attached hydrogen (secondary N) is 1. The van der Waals surface area contributed by atoms with Gasteiger partial charge in [-0.15, -0.1) is 0 Å². The van der Waals surface area contributed by atoms with Gasteiger partial charge in [0.05, 0.1) is 12.2 Å². The highest BCUT2D eigenvalue weighted by atomic mass is 32.2. The summed E-state index contributed by atoms with van der Waals surface area (Å²) in [4.78, 5) is 8.66. The summed E-state index contributed by atoms with van der Waals surface area (Å²) in [6, 6.07) is 18.5. The molecule has 0 saturated heterocycles. The van der Waals surface area contributed by atoms with Gasteiger partial charge in [-0.25, -0.2) is 8.42 Å². The third kappa shape index (κ3) is 7.13. The van der Waals surface area contributed by atoms with Gasteiger partial charge < -0.3 is 15.1 Å². The predicted molar refractivity (Wildman–Crippen MR) is 153 cm³/mol. The third-order valence-electron chi connectivity index (χ3n) is 7.16. The van der Waals surface area contributed by atoms with E-state index in [4.69, 9.17) is 0 Å². The van der Waals surface area contributed by atoms with Crippen molar-refractivity contribution in [2.24, 2.45) is 0 Å². The van der Waals surface area contributed by atoms with Crippen molar-refractivity contribution >= 4 is 21.4 Å². The average molecular weight is 576 g/mol. The zero-order valence-electron chi connectivity index (χ0n) is 23.0. The second kappa shape index (κ2) is 12.6. The van der Waals surface area contributed by atoms with Crippen LogP contribution < -0.4 is 10.2 Å². The van der Waals surface area contributed by atoms with Gasteiger partial charge in [-0.05, 0) is 68.8 Å². The number of likely N-dealkylation sites (N-methyl/N-ethyl adjacent to an activating group) is 1. The molecule has 3 aromatic rings. The molecule has 4 rings (SSSR count). The second-order valence-electron chi connectivity index (χ2n) is 10.4. The summed E-state index contributed by atoms with van der Waals surface area (Å²) in [6.45, 7) is 3.07. The summed E-state index contributed by atoms with van der Waals surface area (Å²) in [6.07, 6.45) is 2.76. The lowest BCUT2D eigenvalue weighted by Crippen LogP contribution is -2.47. The molecule has 0 bridgehead atoms. The Kier molecular flexibility index (Phi) is 9.37. The highest BCUT2D eigenvalue weighted by Gasteiger charge is 2.51. The molecule has 2 heterocycles. The molecule has 1 aromatic heterocycles. The Hall–Kier alpha value is -3.15. The molecule has 1 aliphatic rings. The van der Waals surface area contributed by atoms with Crippen molar-refractivity contribution in [3.63, 3.8) is 0 Å². The lowest BCUT2D eigenvalue weighted by molar-refractivity contribution is -0.0492. The number of pyridine rings is 1. The lowest BCUT2D eigenvalue weighted by Gasteiger charge is -2.34. The van der Waals surface area contributed by atoms with Crippen molar-refractivity contribution < 1.29 is 21.6 Å². The van der Waals surface area contributed by atoms with Crippen LogP contribution >= 0.6 is 0 Å². The van der Waals surface area contributed by atoms with Gasteiger partial charge in [0.15, 0.2) is 0 Å². The zero-order chi connectivity index (χ0) is 28.9. The van der Waals surface area contributed by atoms with Crippen LogP contribution in [-0.2, 0) is 29.5 Å². The predicted octanol–water partition coefficient (Wildman–Crippen LogP) is 5.04. The number of halogens is 3. The highest BCUT2D eigenvalue weighted by Crippen LogP contribution is 2.37. The van der Waals surface area contributed by atoms with E-state index in [2.05, 4.69) is 15.2 Å². The summed E-state index contributed by atoms with van der Waals surface area (Å²) < 4.78 is 67.4. The Bertz CT molecular complexity index is 1380. The van der Waals surface area contributed by atoms with Crippen LogP contribution in [0.4, 0.5) is 24.5 Å². The zero-order valence-corrected chi connectivity index (χ0v) is 23.8. The Morgan fingerprint density at radius 3 is 2.52 bits per heavy atom. The van der Waals surface area contributed by atoms with Crippen LogP contribution in [0.2, 0.25) is 0 Å². The highest BCUT2D eigenvalue weighted by molar-refractivity contribution is 7.89. The maximum Gasteiger partial charge on any atom is 0.511 e. The third-order valence-corrected chi connectivity index (χ3v) is 8.71. The number of nitrogens with zero attached hydrogens (tertiary/aromatic N) is 4. The Balaban J connectivity index is 1.72. The largest absolute Gasteiger partial charge is 0.511 e. The van der Waals surface area contributed by atoms with E-state index in [9.17, 15) is 21.6 Å². The van der Waals surface area contributed by atoms with Crippen LogP contribution in [0.5, 0.6) is 0 Å². The van der Waals surface area contributed by atoms with Crippen molar-refractivity contribution in [3.8, 4) is 0 Å². The first-order valence-corrected chi connectivity index (χ1v) is 14.7. The number of hydrogen-bond acceptors (Lipinski definition) is 6. The van der Waals surface area contributed by atoms with E-state index in [1.165, 1.54) is 0 Å².